The van der Waals surface area contributed by atoms with Gasteiger partial charge in [0.05, 0.1) is 0 Å². The molecule has 0 aromatic rings. The highest BCUT2D eigenvalue weighted by molar-refractivity contribution is 5.79. The summed E-state index contributed by atoms with van der Waals surface area (Å²) in [6, 6.07) is 1.33. The normalized spacial score (nSPS) is 35.0. The number of likely N-dealkylation sites (tertiary alicyclic amines) is 1. The van der Waals surface area contributed by atoms with E-state index in [0.29, 0.717) is 23.9 Å². The van der Waals surface area contributed by atoms with Gasteiger partial charge in [0.25, 0.3) is 0 Å². The SMILES string of the molecule is CCC(C)NC(=O)C1CC(C)N(CCN)C2CCCCC12. The van der Waals surface area contributed by atoms with Crippen LogP contribution >= 0.6 is 0 Å². The van der Waals surface area contributed by atoms with Crippen molar-refractivity contribution in [3.05, 3.63) is 0 Å². The Kier molecular flexibility index (Phi) is 6.06. The molecule has 122 valence electrons. The number of amides is 1. The summed E-state index contributed by atoms with van der Waals surface area (Å²) < 4.78 is 0. The summed E-state index contributed by atoms with van der Waals surface area (Å²) in [7, 11) is 0. The summed E-state index contributed by atoms with van der Waals surface area (Å²) in [6.07, 6.45) is 7.01. The molecule has 5 unspecified atom stereocenters. The van der Waals surface area contributed by atoms with Crippen molar-refractivity contribution in [2.24, 2.45) is 17.6 Å². The van der Waals surface area contributed by atoms with Crippen LogP contribution < -0.4 is 11.1 Å². The van der Waals surface area contributed by atoms with Crippen LogP contribution in [0.2, 0.25) is 0 Å². The molecule has 1 heterocycles. The lowest BCUT2D eigenvalue weighted by Crippen LogP contribution is -2.58. The third-order valence-electron chi connectivity index (χ3n) is 5.61. The molecule has 21 heavy (non-hydrogen) atoms. The largest absolute Gasteiger partial charge is 0.353 e. The van der Waals surface area contributed by atoms with Crippen molar-refractivity contribution in [2.45, 2.75) is 77.4 Å². The molecule has 4 nitrogen and oxygen atoms in total. The molecule has 1 aliphatic carbocycles. The van der Waals surface area contributed by atoms with E-state index >= 15 is 0 Å². The van der Waals surface area contributed by atoms with E-state index in [1.807, 2.05) is 0 Å². The summed E-state index contributed by atoms with van der Waals surface area (Å²) in [5.74, 6) is 1.03. The molecule has 4 heteroatoms. The van der Waals surface area contributed by atoms with Crippen LogP contribution in [0.4, 0.5) is 0 Å². The average Bonchev–Trinajstić information content (AvgIpc) is 2.49. The zero-order valence-electron chi connectivity index (χ0n) is 14.0. The Hall–Kier alpha value is -0.610. The van der Waals surface area contributed by atoms with Gasteiger partial charge in [0.1, 0.15) is 0 Å². The molecule has 0 aromatic carbocycles. The van der Waals surface area contributed by atoms with Gasteiger partial charge in [-0.1, -0.05) is 19.8 Å². The van der Waals surface area contributed by atoms with Crippen molar-refractivity contribution < 1.29 is 4.79 Å². The fourth-order valence-electron chi connectivity index (χ4n) is 4.31. The molecular weight excluding hydrogens is 262 g/mol. The van der Waals surface area contributed by atoms with Crippen LogP contribution in [0, 0.1) is 11.8 Å². The molecule has 5 atom stereocenters. The summed E-state index contributed by atoms with van der Waals surface area (Å²) in [5.41, 5.74) is 5.80. The first-order chi connectivity index (χ1) is 10.1. The molecule has 0 aromatic heterocycles. The highest BCUT2D eigenvalue weighted by atomic mass is 16.2. The number of piperidine rings is 1. The Morgan fingerprint density at radius 2 is 2.10 bits per heavy atom. The van der Waals surface area contributed by atoms with E-state index in [9.17, 15) is 4.79 Å². The number of hydrogen-bond acceptors (Lipinski definition) is 3. The second kappa shape index (κ2) is 7.59. The van der Waals surface area contributed by atoms with Crippen molar-refractivity contribution in [2.75, 3.05) is 13.1 Å². The first kappa shape index (κ1) is 16.8. The Balaban J connectivity index is 2.10. The van der Waals surface area contributed by atoms with Gasteiger partial charge in [-0.05, 0) is 45.4 Å². The maximum Gasteiger partial charge on any atom is 0.223 e. The third-order valence-corrected chi connectivity index (χ3v) is 5.61. The quantitative estimate of drug-likeness (QED) is 0.817. The lowest BCUT2D eigenvalue weighted by atomic mass is 9.69. The number of hydrogen-bond donors (Lipinski definition) is 2. The highest BCUT2D eigenvalue weighted by Crippen LogP contribution is 2.41. The van der Waals surface area contributed by atoms with Crippen molar-refractivity contribution in [3.8, 4) is 0 Å². The molecule has 1 saturated heterocycles. The Morgan fingerprint density at radius 1 is 1.38 bits per heavy atom. The zero-order valence-corrected chi connectivity index (χ0v) is 14.0. The minimum absolute atomic E-state index is 0.202. The van der Waals surface area contributed by atoms with Gasteiger partial charge < -0.3 is 11.1 Å². The van der Waals surface area contributed by atoms with Crippen molar-refractivity contribution in [3.63, 3.8) is 0 Å². The molecule has 2 rings (SSSR count). The van der Waals surface area contributed by atoms with E-state index in [4.69, 9.17) is 5.73 Å². The minimum Gasteiger partial charge on any atom is -0.353 e. The van der Waals surface area contributed by atoms with Gasteiger partial charge in [0.2, 0.25) is 5.91 Å². The first-order valence-electron chi connectivity index (χ1n) is 8.84. The van der Waals surface area contributed by atoms with Gasteiger partial charge in [0, 0.05) is 37.1 Å². The topological polar surface area (TPSA) is 58.4 Å². The summed E-state index contributed by atoms with van der Waals surface area (Å²) in [4.78, 5) is 15.3. The van der Waals surface area contributed by atoms with Crippen LogP contribution in [0.1, 0.15) is 59.3 Å². The van der Waals surface area contributed by atoms with E-state index in [-0.39, 0.29) is 12.0 Å². The van der Waals surface area contributed by atoms with Gasteiger partial charge >= 0.3 is 0 Å². The Labute approximate surface area is 129 Å². The molecule has 0 spiro atoms. The van der Waals surface area contributed by atoms with Crippen LogP contribution in [0.15, 0.2) is 0 Å². The van der Waals surface area contributed by atoms with Crippen LogP contribution in [-0.2, 0) is 4.79 Å². The second-order valence-electron chi connectivity index (χ2n) is 7.05. The third kappa shape index (κ3) is 3.78. The smallest absolute Gasteiger partial charge is 0.223 e. The number of nitrogens with zero attached hydrogens (tertiary/aromatic N) is 1. The fourth-order valence-corrected chi connectivity index (χ4v) is 4.31. The first-order valence-corrected chi connectivity index (χ1v) is 8.84. The van der Waals surface area contributed by atoms with Gasteiger partial charge in [-0.3, -0.25) is 9.69 Å². The zero-order chi connectivity index (χ0) is 15.4. The number of nitrogens with two attached hydrogens (primary N) is 1. The van der Waals surface area contributed by atoms with Gasteiger partial charge in [-0.15, -0.1) is 0 Å². The van der Waals surface area contributed by atoms with E-state index in [1.54, 1.807) is 0 Å². The van der Waals surface area contributed by atoms with Crippen molar-refractivity contribution in [1.82, 2.24) is 10.2 Å². The molecule has 0 radical (unpaired) electrons. The summed E-state index contributed by atoms with van der Waals surface area (Å²) in [5, 5.41) is 3.22. The van der Waals surface area contributed by atoms with E-state index < -0.39 is 0 Å². The standard InChI is InChI=1S/C17H33N3O/c1-4-12(2)19-17(21)15-11-13(3)20(10-9-18)16-8-6-5-7-14(15)16/h12-16H,4-11,18H2,1-3H3,(H,19,21). The van der Waals surface area contributed by atoms with Crippen LogP contribution in [0.3, 0.4) is 0 Å². The predicted molar refractivity (Wildman–Crippen MR) is 87.0 cm³/mol. The monoisotopic (exact) mass is 295 g/mol. The molecule has 1 aliphatic heterocycles. The molecule has 3 N–H and O–H groups in total. The number of fused-ring (bicyclic) bond motifs is 1. The average molecular weight is 295 g/mol. The number of carbonyl (C=O) groups excluding carboxylic acids is 1. The van der Waals surface area contributed by atoms with Crippen LogP contribution in [0.5, 0.6) is 0 Å². The predicted octanol–water partition coefficient (Wildman–Crippen LogP) is 2.13. The van der Waals surface area contributed by atoms with Crippen LogP contribution in [0.25, 0.3) is 0 Å². The molecule has 2 fully saturated rings. The van der Waals surface area contributed by atoms with Crippen LogP contribution in [-0.4, -0.2) is 42.0 Å². The van der Waals surface area contributed by atoms with Gasteiger partial charge in [0.15, 0.2) is 0 Å². The van der Waals surface area contributed by atoms with E-state index in [1.165, 1.54) is 25.7 Å². The molecule has 1 saturated carbocycles. The fraction of sp³-hybridized carbons (Fsp3) is 0.941. The van der Waals surface area contributed by atoms with Gasteiger partial charge in [-0.2, -0.15) is 0 Å². The highest BCUT2D eigenvalue weighted by Gasteiger charge is 2.44. The maximum absolute atomic E-state index is 12.7. The minimum atomic E-state index is 0.202. The molecule has 2 aliphatic rings. The molecular formula is C17H33N3O. The second-order valence-corrected chi connectivity index (χ2v) is 7.05. The van der Waals surface area contributed by atoms with E-state index in [0.717, 1.165) is 25.9 Å². The number of carbonyl (C=O) groups is 1. The number of rotatable bonds is 5. The Morgan fingerprint density at radius 3 is 2.76 bits per heavy atom. The lowest BCUT2D eigenvalue weighted by molar-refractivity contribution is -0.133. The van der Waals surface area contributed by atoms with Gasteiger partial charge in [-0.25, -0.2) is 0 Å². The maximum atomic E-state index is 12.7. The Bertz CT molecular complexity index is 347. The lowest BCUT2D eigenvalue weighted by Gasteiger charge is -2.51. The molecule has 0 bridgehead atoms. The van der Waals surface area contributed by atoms with E-state index in [2.05, 4.69) is 31.0 Å². The van der Waals surface area contributed by atoms with Crippen molar-refractivity contribution >= 4 is 5.91 Å². The summed E-state index contributed by atoms with van der Waals surface area (Å²) >= 11 is 0. The molecule has 1 amide bonds. The summed E-state index contributed by atoms with van der Waals surface area (Å²) in [6.45, 7) is 8.19. The van der Waals surface area contributed by atoms with Crippen molar-refractivity contribution in [1.29, 1.82) is 0 Å². The number of nitrogens with one attached hydrogen (secondary N) is 1.